The first-order valence-corrected chi connectivity index (χ1v) is 9.09. The van der Waals surface area contributed by atoms with E-state index in [0.29, 0.717) is 11.1 Å². The van der Waals surface area contributed by atoms with E-state index in [2.05, 4.69) is 20.3 Å². The summed E-state index contributed by atoms with van der Waals surface area (Å²) in [5.74, 6) is -0.0291. The molecule has 1 aromatic rings. The molecule has 0 aliphatic heterocycles. The maximum Gasteiger partial charge on any atom is 0.286 e. The lowest BCUT2D eigenvalue weighted by Gasteiger charge is -2.15. The van der Waals surface area contributed by atoms with Crippen molar-refractivity contribution in [1.82, 2.24) is 0 Å². The molecule has 0 bridgehead atoms. The van der Waals surface area contributed by atoms with Crippen molar-refractivity contribution in [2.75, 3.05) is 6.61 Å². The monoisotopic (exact) mass is 396 g/mol. The van der Waals surface area contributed by atoms with Crippen LogP contribution >= 0.6 is 15.9 Å². The lowest BCUT2D eigenvalue weighted by Crippen LogP contribution is -2.13. The summed E-state index contributed by atoms with van der Waals surface area (Å²) < 4.78 is 35.1. The van der Waals surface area contributed by atoms with E-state index in [0.717, 1.165) is 0 Å². The van der Waals surface area contributed by atoms with Crippen molar-refractivity contribution in [3.8, 4) is 5.75 Å². The fourth-order valence-electron chi connectivity index (χ4n) is 1.99. The Kier molecular flexibility index (Phi) is 5.43. The zero-order valence-corrected chi connectivity index (χ0v) is 15.0. The molecular formula is C16H15BrNO4S-. The Morgan fingerprint density at radius 2 is 2.00 bits per heavy atom. The van der Waals surface area contributed by atoms with Crippen LogP contribution in [0.1, 0.15) is 13.8 Å². The predicted octanol–water partition coefficient (Wildman–Crippen LogP) is 2.74. The number of ether oxygens (including phenoxy) is 1. The lowest BCUT2D eigenvalue weighted by atomic mass is 10.1. The van der Waals surface area contributed by atoms with E-state index in [1.54, 1.807) is 37.3 Å². The third-order valence-corrected chi connectivity index (χ3v) is 4.79. The maximum absolute atomic E-state index is 12.6. The molecule has 0 heterocycles. The smallest absolute Gasteiger partial charge is 0.286 e. The molecule has 0 radical (unpaired) electrons. The van der Waals surface area contributed by atoms with Gasteiger partial charge >= 0.3 is 0 Å². The number of sulfonamides is 1. The highest BCUT2D eigenvalue weighted by atomic mass is 79.9. The van der Waals surface area contributed by atoms with Crippen LogP contribution in [-0.2, 0) is 10.0 Å². The standard InChI is InChI=1S/C16H16BrNO4S/c1-3-22-15-9-8-12(17)10-16(15)23(20,21)18-14-7-5-4-6-13(14)11(2)19/h4-10,19H,3H2,1-2H3/p-1. The zero-order valence-electron chi connectivity index (χ0n) is 12.6. The Morgan fingerprint density at radius 3 is 2.65 bits per heavy atom. The average Bonchev–Trinajstić information content (AvgIpc) is 2.49. The molecule has 1 aliphatic carbocycles. The molecule has 0 spiro atoms. The third-order valence-electron chi connectivity index (χ3n) is 2.99. The molecule has 2 rings (SSSR count). The number of allylic oxidation sites excluding steroid dienone is 6. The number of nitrogens with zero attached hydrogens (tertiary/aromatic N) is 1. The SMILES string of the molecule is CCOc1ccc(Br)cc1S(=O)(=O)N=C1C=CC=CC1=C(C)[O-]. The summed E-state index contributed by atoms with van der Waals surface area (Å²) in [4.78, 5) is -0.0490. The van der Waals surface area contributed by atoms with Crippen molar-refractivity contribution >= 4 is 31.7 Å². The van der Waals surface area contributed by atoms with E-state index in [-0.39, 0.29) is 27.7 Å². The molecule has 7 heteroatoms. The Balaban J connectivity index is 2.57. The van der Waals surface area contributed by atoms with Crippen LogP contribution in [0.25, 0.3) is 0 Å². The number of rotatable bonds is 4. The normalized spacial score (nSPS) is 18.3. The highest BCUT2D eigenvalue weighted by molar-refractivity contribution is 9.10. The van der Waals surface area contributed by atoms with Crippen molar-refractivity contribution in [1.29, 1.82) is 0 Å². The first-order valence-electron chi connectivity index (χ1n) is 6.85. The van der Waals surface area contributed by atoms with E-state index >= 15 is 0 Å². The van der Waals surface area contributed by atoms with Gasteiger partial charge in [-0.3, -0.25) is 0 Å². The van der Waals surface area contributed by atoms with Crippen molar-refractivity contribution in [3.63, 3.8) is 0 Å². The maximum atomic E-state index is 12.6. The highest BCUT2D eigenvalue weighted by Gasteiger charge is 2.21. The van der Waals surface area contributed by atoms with Gasteiger partial charge in [-0.25, -0.2) is 0 Å². The quantitative estimate of drug-likeness (QED) is 0.732. The topological polar surface area (TPSA) is 78.8 Å². The van der Waals surface area contributed by atoms with E-state index in [9.17, 15) is 13.5 Å². The summed E-state index contributed by atoms with van der Waals surface area (Å²) in [6.07, 6.45) is 6.33. The Bertz CT molecular complexity index is 832. The van der Waals surface area contributed by atoms with E-state index in [4.69, 9.17) is 4.74 Å². The van der Waals surface area contributed by atoms with Gasteiger partial charge in [-0.15, -0.1) is 5.76 Å². The van der Waals surface area contributed by atoms with Crippen LogP contribution in [0.4, 0.5) is 0 Å². The van der Waals surface area contributed by atoms with Gasteiger partial charge in [0.05, 0.1) is 12.3 Å². The van der Waals surface area contributed by atoms with E-state index in [1.165, 1.54) is 19.1 Å². The molecular weight excluding hydrogens is 382 g/mol. The Labute approximate surface area is 143 Å². The number of halogens is 1. The Hall–Kier alpha value is -1.86. The summed E-state index contributed by atoms with van der Waals surface area (Å²) in [6.45, 7) is 3.46. The van der Waals surface area contributed by atoms with Crippen LogP contribution in [-0.4, -0.2) is 20.7 Å². The molecule has 0 aromatic heterocycles. The van der Waals surface area contributed by atoms with Gasteiger partial charge in [0.1, 0.15) is 10.6 Å². The minimum absolute atomic E-state index is 0.0490. The zero-order chi connectivity index (χ0) is 17.0. The van der Waals surface area contributed by atoms with Gasteiger partial charge in [0.25, 0.3) is 10.0 Å². The molecule has 0 fully saturated rings. The molecule has 0 saturated heterocycles. The van der Waals surface area contributed by atoms with Crippen LogP contribution < -0.4 is 9.84 Å². The lowest BCUT2D eigenvalue weighted by molar-refractivity contribution is -0.302. The van der Waals surface area contributed by atoms with Gasteiger partial charge < -0.3 is 9.84 Å². The molecule has 23 heavy (non-hydrogen) atoms. The minimum Gasteiger partial charge on any atom is -0.875 e. The fourth-order valence-corrected chi connectivity index (χ4v) is 3.67. The number of benzene rings is 1. The van der Waals surface area contributed by atoms with Gasteiger partial charge in [-0.2, -0.15) is 12.8 Å². The van der Waals surface area contributed by atoms with Crippen LogP contribution in [0.15, 0.2) is 67.6 Å². The van der Waals surface area contributed by atoms with Crippen molar-refractivity contribution in [3.05, 3.63) is 58.3 Å². The van der Waals surface area contributed by atoms with Gasteiger partial charge in [-0.1, -0.05) is 41.1 Å². The minimum atomic E-state index is -4.03. The van der Waals surface area contributed by atoms with Gasteiger partial charge in [0.15, 0.2) is 0 Å². The first kappa shape index (κ1) is 17.5. The second-order valence-corrected chi connectivity index (χ2v) is 7.15. The van der Waals surface area contributed by atoms with Crippen LogP contribution in [0, 0.1) is 0 Å². The average molecular weight is 397 g/mol. The molecule has 122 valence electrons. The second kappa shape index (κ2) is 7.14. The largest absolute Gasteiger partial charge is 0.875 e. The third kappa shape index (κ3) is 4.11. The predicted molar refractivity (Wildman–Crippen MR) is 90.9 cm³/mol. The molecule has 0 atom stereocenters. The van der Waals surface area contributed by atoms with Gasteiger partial charge in [0.2, 0.25) is 0 Å². The summed E-state index contributed by atoms with van der Waals surface area (Å²) >= 11 is 3.25. The van der Waals surface area contributed by atoms with E-state index < -0.39 is 10.0 Å². The highest BCUT2D eigenvalue weighted by Crippen LogP contribution is 2.29. The molecule has 0 saturated carbocycles. The van der Waals surface area contributed by atoms with Crippen molar-refractivity contribution < 1.29 is 18.3 Å². The van der Waals surface area contributed by atoms with Gasteiger partial charge in [0, 0.05) is 4.47 Å². The van der Waals surface area contributed by atoms with Crippen LogP contribution in [0.2, 0.25) is 0 Å². The van der Waals surface area contributed by atoms with Crippen molar-refractivity contribution in [2.45, 2.75) is 18.7 Å². The fraction of sp³-hybridized carbons (Fsp3) is 0.188. The van der Waals surface area contributed by atoms with Crippen LogP contribution in [0.3, 0.4) is 0 Å². The first-order chi connectivity index (χ1) is 10.8. The molecule has 0 amide bonds. The number of hydrogen-bond donors (Lipinski definition) is 0. The summed E-state index contributed by atoms with van der Waals surface area (Å²) in [5.41, 5.74) is 0.367. The molecule has 1 aliphatic rings. The van der Waals surface area contributed by atoms with Gasteiger partial charge in [-0.05, 0) is 36.8 Å². The summed E-state index contributed by atoms with van der Waals surface area (Å²) in [6, 6.07) is 4.68. The summed E-state index contributed by atoms with van der Waals surface area (Å²) in [7, 11) is -4.03. The molecule has 0 unspecified atom stereocenters. The number of hydrogen-bond acceptors (Lipinski definition) is 4. The van der Waals surface area contributed by atoms with Crippen molar-refractivity contribution in [2.24, 2.45) is 4.40 Å². The second-order valence-electron chi connectivity index (χ2n) is 4.66. The summed E-state index contributed by atoms with van der Waals surface area (Å²) in [5, 5.41) is 11.6. The molecule has 0 N–H and O–H groups in total. The molecule has 1 aromatic carbocycles. The molecule has 5 nitrogen and oxygen atoms in total. The van der Waals surface area contributed by atoms with E-state index in [1.807, 2.05) is 0 Å². The Morgan fingerprint density at radius 1 is 1.30 bits per heavy atom. The van der Waals surface area contributed by atoms with Crippen LogP contribution in [0.5, 0.6) is 5.75 Å².